The van der Waals surface area contributed by atoms with E-state index in [-0.39, 0.29) is 11.9 Å². The molecule has 0 bridgehead atoms. The number of rotatable bonds is 11. The minimum Gasteiger partial charge on any atom is -0.497 e. The first-order chi connectivity index (χ1) is 16.6. The molecule has 0 saturated carbocycles. The van der Waals surface area contributed by atoms with E-state index < -0.39 is 11.2 Å². The zero-order valence-electron chi connectivity index (χ0n) is 20.1. The van der Waals surface area contributed by atoms with Crippen molar-refractivity contribution in [1.29, 1.82) is 0 Å². The summed E-state index contributed by atoms with van der Waals surface area (Å²) in [5.74, 6) is 1.63. The first kappa shape index (κ1) is 27.0. The Morgan fingerprint density at radius 1 is 1.06 bits per heavy atom. The third-order valence-electron chi connectivity index (χ3n) is 4.89. The van der Waals surface area contributed by atoms with Gasteiger partial charge in [-0.25, -0.2) is 9.00 Å². The van der Waals surface area contributed by atoms with Crippen molar-refractivity contribution in [1.82, 2.24) is 10.6 Å². The van der Waals surface area contributed by atoms with E-state index in [2.05, 4.69) is 19.8 Å². The Bertz CT molecular complexity index is 966. The molecule has 0 aliphatic carbocycles. The Kier molecular flexibility index (Phi) is 11.7. The molecule has 34 heavy (non-hydrogen) atoms. The van der Waals surface area contributed by atoms with Crippen LogP contribution < -0.4 is 30.6 Å². The Balaban J connectivity index is 0.00000199. The van der Waals surface area contributed by atoms with Gasteiger partial charge in [0.15, 0.2) is 0 Å². The maximum Gasteiger partial charge on any atom is 0.315 e. The van der Waals surface area contributed by atoms with Gasteiger partial charge < -0.3 is 25.8 Å². The van der Waals surface area contributed by atoms with Crippen molar-refractivity contribution < 1.29 is 18.5 Å². The Morgan fingerprint density at radius 2 is 1.79 bits per heavy atom. The fraction of sp³-hybridized carbons (Fsp3) is 0.417. The van der Waals surface area contributed by atoms with Crippen LogP contribution in [0.4, 0.5) is 10.5 Å². The normalized spacial score (nSPS) is 13.9. The van der Waals surface area contributed by atoms with Gasteiger partial charge in [-0.2, -0.15) is 4.40 Å². The Morgan fingerprint density at radius 3 is 2.53 bits per heavy atom. The maximum absolute atomic E-state index is 11.9. The number of carbonyl (C=O) groups is 1. The van der Waals surface area contributed by atoms with Crippen molar-refractivity contribution in [3.8, 4) is 11.5 Å². The number of nitrogens with two attached hydrogens (primary N) is 1. The fourth-order valence-corrected chi connectivity index (χ4v) is 3.88. The number of amidine groups is 1. The van der Waals surface area contributed by atoms with E-state index in [9.17, 15) is 9.00 Å². The molecule has 5 N–H and O–H groups in total. The van der Waals surface area contributed by atoms with Crippen LogP contribution in [0.15, 0.2) is 46.9 Å². The van der Waals surface area contributed by atoms with Crippen molar-refractivity contribution in [3.05, 3.63) is 53.6 Å². The summed E-state index contributed by atoms with van der Waals surface area (Å²) >= 11 is -1.55. The van der Waals surface area contributed by atoms with Gasteiger partial charge in [0.2, 0.25) is 11.2 Å². The molecule has 2 aromatic carbocycles. The molecule has 1 atom stereocenters. The van der Waals surface area contributed by atoms with Gasteiger partial charge in [0, 0.05) is 13.1 Å². The van der Waals surface area contributed by atoms with Gasteiger partial charge in [-0.1, -0.05) is 44.9 Å². The summed E-state index contributed by atoms with van der Waals surface area (Å²) in [6.07, 6.45) is 3.74. The lowest BCUT2D eigenvalue weighted by Gasteiger charge is -2.18. The van der Waals surface area contributed by atoms with Gasteiger partial charge >= 0.3 is 6.03 Å². The fourth-order valence-electron chi connectivity index (χ4n) is 3.21. The molecular weight excluding hydrogens is 454 g/mol. The van der Waals surface area contributed by atoms with E-state index in [1.807, 2.05) is 50.2 Å². The lowest BCUT2D eigenvalue weighted by molar-refractivity contribution is 0.240. The number of nitrogens with one attached hydrogen (secondary N) is 3. The summed E-state index contributed by atoms with van der Waals surface area (Å²) in [7, 11) is 1.62. The topological polar surface area (TPSA) is 127 Å². The van der Waals surface area contributed by atoms with E-state index in [1.54, 1.807) is 13.2 Å². The third kappa shape index (κ3) is 8.58. The summed E-state index contributed by atoms with van der Waals surface area (Å²) in [6, 6.07) is 12.8. The van der Waals surface area contributed by atoms with Gasteiger partial charge in [0.25, 0.3) is 0 Å². The summed E-state index contributed by atoms with van der Waals surface area (Å²) < 4.78 is 29.1. The maximum atomic E-state index is 11.9. The average molecular weight is 490 g/mol. The molecule has 0 fully saturated rings. The molecule has 1 aliphatic rings. The number of hydrogen-bond acceptors (Lipinski definition) is 5. The van der Waals surface area contributed by atoms with Crippen LogP contribution in [-0.4, -0.2) is 36.3 Å². The first-order valence-electron chi connectivity index (χ1n) is 11.5. The Labute approximate surface area is 204 Å². The number of benzene rings is 2. The molecule has 2 aromatic rings. The second kappa shape index (κ2) is 14.8. The monoisotopic (exact) mass is 489 g/mol. The van der Waals surface area contributed by atoms with Crippen LogP contribution in [-0.2, 0) is 17.7 Å². The van der Waals surface area contributed by atoms with Crippen molar-refractivity contribution >= 4 is 28.7 Å². The molecule has 1 aliphatic heterocycles. The third-order valence-corrected chi connectivity index (χ3v) is 5.64. The molecule has 0 saturated heterocycles. The SMILES string of the molecule is CC.COc1ccc(CNC(=O)NCCCCCCOc2cccc3c2C(N)=NS(=O)N3)cc1. The molecular formula is C24H35N5O4S. The zero-order chi connectivity index (χ0) is 24.8. The van der Waals surface area contributed by atoms with Crippen LogP contribution in [0.1, 0.15) is 50.7 Å². The average Bonchev–Trinajstić information content (AvgIpc) is 2.85. The quantitative estimate of drug-likeness (QED) is 0.356. The van der Waals surface area contributed by atoms with Crippen LogP contribution in [0.3, 0.4) is 0 Å². The largest absolute Gasteiger partial charge is 0.497 e. The predicted octanol–water partition coefficient (Wildman–Crippen LogP) is 3.87. The second-order valence-electron chi connectivity index (χ2n) is 7.23. The number of unbranched alkanes of at least 4 members (excludes halogenated alkanes) is 3. The van der Waals surface area contributed by atoms with Gasteiger partial charge in [-0.15, -0.1) is 0 Å². The van der Waals surface area contributed by atoms with E-state index in [0.717, 1.165) is 37.0 Å². The molecule has 3 rings (SSSR count). The van der Waals surface area contributed by atoms with Crippen LogP contribution in [0, 0.1) is 0 Å². The minimum absolute atomic E-state index is 0.174. The van der Waals surface area contributed by atoms with Crippen molar-refractivity contribution in [2.75, 3.05) is 25.0 Å². The highest BCUT2D eigenvalue weighted by molar-refractivity contribution is 7.85. The Hall–Kier alpha value is -3.27. The summed E-state index contributed by atoms with van der Waals surface area (Å²) in [6.45, 7) is 5.64. The van der Waals surface area contributed by atoms with Crippen LogP contribution >= 0.6 is 0 Å². The van der Waals surface area contributed by atoms with Gasteiger partial charge in [-0.3, -0.25) is 4.72 Å². The summed E-state index contributed by atoms with van der Waals surface area (Å²) in [4.78, 5) is 11.9. The van der Waals surface area contributed by atoms with Crippen molar-refractivity contribution in [2.24, 2.45) is 10.1 Å². The van der Waals surface area contributed by atoms with Crippen LogP contribution in [0.5, 0.6) is 11.5 Å². The molecule has 2 amide bonds. The number of anilines is 1. The van der Waals surface area contributed by atoms with Gasteiger partial charge in [0.05, 0.1) is 25.0 Å². The zero-order valence-corrected chi connectivity index (χ0v) is 20.9. The number of fused-ring (bicyclic) bond motifs is 1. The van der Waals surface area contributed by atoms with E-state index >= 15 is 0 Å². The number of ether oxygens (including phenoxy) is 2. The van der Waals surface area contributed by atoms with Gasteiger partial charge in [0.1, 0.15) is 17.3 Å². The van der Waals surface area contributed by atoms with E-state index in [0.29, 0.717) is 36.7 Å². The highest BCUT2D eigenvalue weighted by Crippen LogP contribution is 2.29. The predicted molar refractivity (Wildman–Crippen MR) is 137 cm³/mol. The lowest BCUT2D eigenvalue weighted by Crippen LogP contribution is -2.35. The van der Waals surface area contributed by atoms with Crippen LogP contribution in [0.25, 0.3) is 0 Å². The van der Waals surface area contributed by atoms with Crippen molar-refractivity contribution in [3.63, 3.8) is 0 Å². The van der Waals surface area contributed by atoms with Gasteiger partial charge in [-0.05, 0) is 42.7 Å². The number of urea groups is 1. The molecule has 0 spiro atoms. The number of methoxy groups -OCH3 is 1. The standard InChI is InChI=1S/C22H29N5O4S.C2H6/c1-30-17-11-9-16(10-12-17)15-25-22(28)24-13-4-2-3-5-14-31-19-8-6-7-18-20(19)21(23)27-32(29)26-18;1-2/h6-12,26H,2-5,13-15H2,1H3,(H2,23,27)(H2,24,25,28);1-2H3. The number of carbonyl (C=O) groups excluding carboxylic acids is 1. The lowest BCUT2D eigenvalue weighted by atomic mass is 10.1. The minimum atomic E-state index is -1.55. The molecule has 10 heteroatoms. The number of hydrogen-bond donors (Lipinski definition) is 4. The smallest absolute Gasteiger partial charge is 0.315 e. The highest BCUT2D eigenvalue weighted by atomic mass is 32.2. The number of amides is 2. The van der Waals surface area contributed by atoms with E-state index in [1.165, 1.54) is 0 Å². The van der Waals surface area contributed by atoms with E-state index in [4.69, 9.17) is 15.2 Å². The molecule has 1 heterocycles. The summed E-state index contributed by atoms with van der Waals surface area (Å²) in [5.41, 5.74) is 8.22. The molecule has 186 valence electrons. The van der Waals surface area contributed by atoms with Crippen LogP contribution in [0.2, 0.25) is 0 Å². The molecule has 1 unspecified atom stereocenters. The summed E-state index contributed by atoms with van der Waals surface area (Å²) in [5, 5.41) is 5.71. The molecule has 9 nitrogen and oxygen atoms in total. The second-order valence-corrected chi connectivity index (χ2v) is 8.11. The molecule has 0 aromatic heterocycles. The highest BCUT2D eigenvalue weighted by Gasteiger charge is 2.19. The van der Waals surface area contributed by atoms with Crippen molar-refractivity contribution in [2.45, 2.75) is 46.1 Å². The number of nitrogens with zero attached hydrogens (tertiary/aromatic N) is 1. The first-order valence-corrected chi connectivity index (χ1v) is 12.6. The molecule has 0 radical (unpaired) electrons.